The minimum Gasteiger partial charge on any atom is -0.369 e. The van der Waals surface area contributed by atoms with E-state index >= 15 is 0 Å². The summed E-state index contributed by atoms with van der Waals surface area (Å²) in [4.78, 5) is 25.5. The fourth-order valence-corrected chi connectivity index (χ4v) is 3.00. The number of nitrogens with one attached hydrogen (secondary N) is 1. The summed E-state index contributed by atoms with van der Waals surface area (Å²) in [6.07, 6.45) is 1.89. The number of nitrogens with zero attached hydrogens (tertiary/aromatic N) is 1. The van der Waals surface area contributed by atoms with Crippen LogP contribution in [0.25, 0.3) is 0 Å². The lowest BCUT2D eigenvalue weighted by atomic mass is 9.97. The van der Waals surface area contributed by atoms with Crippen LogP contribution >= 0.6 is 24.8 Å². The van der Waals surface area contributed by atoms with Gasteiger partial charge in [-0.25, -0.2) is 0 Å². The minimum absolute atomic E-state index is 0. The smallest absolute Gasteiger partial charge is 0.224 e. The molecule has 2 amide bonds. The molecule has 1 heterocycles. The number of hydrogen-bond acceptors (Lipinski definition) is 4. The van der Waals surface area contributed by atoms with Crippen molar-refractivity contribution in [1.82, 2.24) is 10.2 Å². The molecule has 0 saturated carbocycles. The molecule has 1 saturated heterocycles. The maximum Gasteiger partial charge on any atom is 0.224 e. The van der Waals surface area contributed by atoms with Crippen LogP contribution < -0.4 is 16.8 Å². The van der Waals surface area contributed by atoms with Crippen LogP contribution in [0, 0.1) is 11.8 Å². The van der Waals surface area contributed by atoms with Crippen molar-refractivity contribution in [2.45, 2.75) is 32.9 Å². The number of carbonyl (C=O) groups is 2. The van der Waals surface area contributed by atoms with Crippen molar-refractivity contribution >= 4 is 36.6 Å². The highest BCUT2D eigenvalue weighted by Crippen LogP contribution is 2.18. The minimum atomic E-state index is -0.204. The van der Waals surface area contributed by atoms with Gasteiger partial charge in [-0.3, -0.25) is 14.5 Å². The Morgan fingerprint density at radius 1 is 1.31 bits per heavy atom. The van der Waals surface area contributed by atoms with Crippen LogP contribution in [0.2, 0.25) is 0 Å². The van der Waals surface area contributed by atoms with Gasteiger partial charge in [0, 0.05) is 32.1 Å². The Morgan fingerprint density at radius 3 is 2.65 bits per heavy atom. The largest absolute Gasteiger partial charge is 0.369 e. The quantitative estimate of drug-likeness (QED) is 0.639. The zero-order valence-electron chi connectivity index (χ0n) is 15.1. The number of piperidine rings is 1. The van der Waals surface area contributed by atoms with E-state index in [1.54, 1.807) is 0 Å². The van der Waals surface area contributed by atoms with Crippen LogP contribution in [0.5, 0.6) is 0 Å². The Labute approximate surface area is 167 Å². The lowest BCUT2D eigenvalue weighted by molar-refractivity contribution is -0.124. The summed E-state index contributed by atoms with van der Waals surface area (Å²) < 4.78 is 0. The van der Waals surface area contributed by atoms with Crippen molar-refractivity contribution in [2.24, 2.45) is 23.3 Å². The van der Waals surface area contributed by atoms with Crippen LogP contribution in [0.4, 0.5) is 0 Å². The molecule has 6 nitrogen and oxygen atoms in total. The van der Waals surface area contributed by atoms with E-state index in [-0.39, 0.29) is 48.5 Å². The van der Waals surface area contributed by atoms with Gasteiger partial charge < -0.3 is 16.8 Å². The van der Waals surface area contributed by atoms with Crippen molar-refractivity contribution in [3.63, 3.8) is 0 Å². The SMILES string of the molecule is CC(CN)C(=O)NCc1cccc(CN2CCCC(C(N)=O)C2)c1.Cl.Cl. The summed E-state index contributed by atoms with van der Waals surface area (Å²) in [7, 11) is 0. The van der Waals surface area contributed by atoms with Gasteiger partial charge in [-0.2, -0.15) is 0 Å². The van der Waals surface area contributed by atoms with Crippen LogP contribution in [-0.2, 0) is 22.7 Å². The monoisotopic (exact) mass is 404 g/mol. The summed E-state index contributed by atoms with van der Waals surface area (Å²) in [5, 5.41) is 2.91. The number of amides is 2. The van der Waals surface area contributed by atoms with Crippen LogP contribution in [-0.4, -0.2) is 36.3 Å². The molecule has 1 fully saturated rings. The lowest BCUT2D eigenvalue weighted by Gasteiger charge is -2.31. The molecular weight excluding hydrogens is 375 g/mol. The average molecular weight is 405 g/mol. The number of carbonyl (C=O) groups excluding carboxylic acids is 2. The van der Waals surface area contributed by atoms with Gasteiger partial charge in [-0.15, -0.1) is 24.8 Å². The van der Waals surface area contributed by atoms with Crippen molar-refractivity contribution < 1.29 is 9.59 Å². The first-order valence-electron chi connectivity index (χ1n) is 8.57. The van der Waals surface area contributed by atoms with E-state index in [2.05, 4.69) is 22.3 Å². The Kier molecular flexibility index (Phi) is 11.5. The number of hydrogen-bond donors (Lipinski definition) is 3. The molecule has 0 bridgehead atoms. The van der Waals surface area contributed by atoms with Crippen LogP contribution in [0.1, 0.15) is 30.9 Å². The van der Waals surface area contributed by atoms with Gasteiger partial charge in [-0.1, -0.05) is 31.2 Å². The van der Waals surface area contributed by atoms with E-state index in [4.69, 9.17) is 11.5 Å². The molecule has 148 valence electrons. The van der Waals surface area contributed by atoms with Crippen molar-refractivity contribution in [1.29, 1.82) is 0 Å². The highest BCUT2D eigenvalue weighted by atomic mass is 35.5. The molecule has 26 heavy (non-hydrogen) atoms. The third-order valence-electron chi connectivity index (χ3n) is 4.57. The van der Waals surface area contributed by atoms with Gasteiger partial charge >= 0.3 is 0 Å². The summed E-state index contributed by atoms with van der Waals surface area (Å²) in [6, 6.07) is 8.17. The van der Waals surface area contributed by atoms with E-state index < -0.39 is 0 Å². The van der Waals surface area contributed by atoms with Gasteiger partial charge in [0.15, 0.2) is 0 Å². The number of likely N-dealkylation sites (tertiary alicyclic amines) is 1. The van der Waals surface area contributed by atoms with Gasteiger partial charge in [0.1, 0.15) is 0 Å². The fourth-order valence-electron chi connectivity index (χ4n) is 3.00. The zero-order chi connectivity index (χ0) is 17.5. The highest BCUT2D eigenvalue weighted by Gasteiger charge is 2.23. The third kappa shape index (κ3) is 7.50. The molecule has 0 aliphatic carbocycles. The maximum atomic E-state index is 11.8. The maximum absolute atomic E-state index is 11.8. The van der Waals surface area contributed by atoms with Crippen LogP contribution in [0.3, 0.4) is 0 Å². The molecule has 1 aliphatic rings. The lowest BCUT2D eigenvalue weighted by Crippen LogP contribution is -2.40. The van der Waals surface area contributed by atoms with Crippen molar-refractivity contribution in [3.8, 4) is 0 Å². The second-order valence-corrected chi connectivity index (χ2v) is 6.65. The van der Waals surface area contributed by atoms with Gasteiger partial charge in [0.2, 0.25) is 11.8 Å². The van der Waals surface area contributed by atoms with Gasteiger partial charge in [0.05, 0.1) is 5.92 Å². The Balaban J connectivity index is 0.00000312. The topological polar surface area (TPSA) is 101 Å². The van der Waals surface area contributed by atoms with E-state index in [1.807, 2.05) is 19.1 Å². The Morgan fingerprint density at radius 2 is 2.00 bits per heavy atom. The highest BCUT2D eigenvalue weighted by molar-refractivity contribution is 5.85. The van der Waals surface area contributed by atoms with E-state index in [9.17, 15) is 9.59 Å². The van der Waals surface area contributed by atoms with Gasteiger partial charge in [-0.05, 0) is 30.5 Å². The number of benzene rings is 1. The number of halogens is 2. The van der Waals surface area contributed by atoms with E-state index in [1.165, 1.54) is 5.56 Å². The van der Waals surface area contributed by atoms with Crippen molar-refractivity contribution in [3.05, 3.63) is 35.4 Å². The fraction of sp³-hybridized carbons (Fsp3) is 0.556. The van der Waals surface area contributed by atoms with Crippen LogP contribution in [0.15, 0.2) is 24.3 Å². The van der Waals surface area contributed by atoms with E-state index in [0.717, 1.165) is 38.0 Å². The van der Waals surface area contributed by atoms with E-state index in [0.29, 0.717) is 13.1 Å². The molecule has 0 radical (unpaired) electrons. The molecule has 0 spiro atoms. The number of rotatable bonds is 7. The molecular formula is C18H30Cl2N4O2. The molecule has 1 aromatic rings. The zero-order valence-corrected chi connectivity index (χ0v) is 16.8. The average Bonchev–Trinajstić information content (AvgIpc) is 2.59. The first-order valence-corrected chi connectivity index (χ1v) is 8.57. The predicted molar refractivity (Wildman–Crippen MR) is 108 cm³/mol. The van der Waals surface area contributed by atoms with Crippen molar-refractivity contribution in [2.75, 3.05) is 19.6 Å². The summed E-state index contributed by atoms with van der Waals surface area (Å²) >= 11 is 0. The Bertz CT molecular complexity index is 586. The first kappa shape index (κ1) is 24.7. The normalized spacial score (nSPS) is 18.2. The van der Waals surface area contributed by atoms with Gasteiger partial charge in [0.25, 0.3) is 0 Å². The molecule has 1 aromatic carbocycles. The molecule has 2 rings (SSSR count). The Hall–Kier alpha value is -1.34. The molecule has 0 aromatic heterocycles. The molecule has 2 unspecified atom stereocenters. The standard InChI is InChI=1S/C18H28N4O2.2ClH/c1-13(9-19)18(24)21-10-14-4-2-5-15(8-14)11-22-7-3-6-16(12-22)17(20)23;;/h2,4-5,8,13,16H,3,6-7,9-12,19H2,1H3,(H2,20,23)(H,21,24);2*1H. The molecule has 2 atom stereocenters. The molecule has 5 N–H and O–H groups in total. The summed E-state index contributed by atoms with van der Waals surface area (Å²) in [6.45, 7) is 5.17. The molecule has 1 aliphatic heterocycles. The summed E-state index contributed by atoms with van der Waals surface area (Å²) in [5.74, 6) is -0.445. The molecule has 8 heteroatoms. The predicted octanol–water partition coefficient (Wildman–Crippen LogP) is 1.44. The number of nitrogens with two attached hydrogens (primary N) is 2. The first-order chi connectivity index (χ1) is 11.5. The third-order valence-corrected chi connectivity index (χ3v) is 4.57. The summed E-state index contributed by atoms with van der Waals surface area (Å²) in [5.41, 5.74) is 13.2. The number of primary amides is 1. The second kappa shape index (κ2) is 12.1. The second-order valence-electron chi connectivity index (χ2n) is 6.65.